The maximum absolute atomic E-state index is 10.9. The number of nitrogens with zero attached hydrogens (tertiary/aromatic N) is 1. The molecule has 0 saturated heterocycles. The molecule has 2 aromatic carbocycles. The summed E-state index contributed by atoms with van der Waals surface area (Å²) in [5.74, 6) is 0.216. The predicted molar refractivity (Wildman–Crippen MR) is 72.6 cm³/mol. The topological polar surface area (TPSA) is 50.1 Å². The summed E-state index contributed by atoms with van der Waals surface area (Å²) in [6.45, 7) is 3.34. The minimum atomic E-state index is -0.328. The zero-order valence-electron chi connectivity index (χ0n) is 10.8. The Morgan fingerprint density at radius 2 is 1.84 bits per heavy atom. The van der Waals surface area contributed by atoms with Crippen molar-refractivity contribution in [3.63, 3.8) is 0 Å². The van der Waals surface area contributed by atoms with Crippen LogP contribution >= 0.6 is 0 Å². The van der Waals surface area contributed by atoms with E-state index in [1.807, 2.05) is 31.2 Å². The molecule has 0 saturated carbocycles. The summed E-state index contributed by atoms with van der Waals surface area (Å²) in [6.07, 6.45) is 0. The number of benzene rings is 2. The molecule has 3 nitrogen and oxygen atoms in total. The zero-order chi connectivity index (χ0) is 13.8. The molecule has 0 spiro atoms. The van der Waals surface area contributed by atoms with Crippen molar-refractivity contribution in [1.82, 2.24) is 0 Å². The predicted octanol–water partition coefficient (Wildman–Crippen LogP) is 3.46. The molecule has 94 valence electrons. The summed E-state index contributed by atoms with van der Waals surface area (Å²) < 4.78 is 5.04. The molecule has 0 heterocycles. The summed E-state index contributed by atoms with van der Waals surface area (Å²) >= 11 is 0. The van der Waals surface area contributed by atoms with Crippen molar-refractivity contribution < 1.29 is 9.53 Å². The third-order valence-electron chi connectivity index (χ3n) is 2.78. The van der Waals surface area contributed by atoms with E-state index in [1.165, 1.54) is 6.92 Å². The zero-order valence-corrected chi connectivity index (χ0v) is 10.8. The van der Waals surface area contributed by atoms with Crippen molar-refractivity contribution in [2.45, 2.75) is 13.8 Å². The highest BCUT2D eigenvalue weighted by molar-refractivity contribution is 5.72. The molecule has 0 aromatic heterocycles. The van der Waals surface area contributed by atoms with Gasteiger partial charge in [0.25, 0.3) is 0 Å². The van der Waals surface area contributed by atoms with E-state index in [4.69, 9.17) is 10.00 Å². The Morgan fingerprint density at radius 3 is 2.37 bits per heavy atom. The summed E-state index contributed by atoms with van der Waals surface area (Å²) in [5.41, 5.74) is 3.74. The molecular formula is C16H13NO2. The fraction of sp³-hybridized carbons (Fsp3) is 0.125. The highest BCUT2D eigenvalue weighted by Crippen LogP contribution is 2.27. The fourth-order valence-corrected chi connectivity index (χ4v) is 1.91. The minimum absolute atomic E-state index is 0.328. The van der Waals surface area contributed by atoms with Gasteiger partial charge >= 0.3 is 5.97 Å². The van der Waals surface area contributed by atoms with E-state index in [0.717, 1.165) is 16.7 Å². The van der Waals surface area contributed by atoms with E-state index in [1.54, 1.807) is 18.2 Å². The number of carbonyl (C=O) groups excluding carboxylic acids is 1. The molecule has 0 N–H and O–H groups in total. The Kier molecular flexibility index (Phi) is 3.63. The van der Waals surface area contributed by atoms with Gasteiger partial charge in [-0.15, -0.1) is 0 Å². The third kappa shape index (κ3) is 2.99. The van der Waals surface area contributed by atoms with E-state index in [-0.39, 0.29) is 5.97 Å². The molecule has 0 amide bonds. The van der Waals surface area contributed by atoms with Crippen molar-refractivity contribution in [1.29, 1.82) is 5.26 Å². The van der Waals surface area contributed by atoms with Gasteiger partial charge in [-0.1, -0.05) is 18.2 Å². The van der Waals surface area contributed by atoms with Gasteiger partial charge < -0.3 is 4.74 Å². The van der Waals surface area contributed by atoms with Crippen molar-refractivity contribution >= 4 is 5.97 Å². The number of nitriles is 1. The van der Waals surface area contributed by atoms with Crippen molar-refractivity contribution in [3.05, 3.63) is 53.6 Å². The van der Waals surface area contributed by atoms with E-state index >= 15 is 0 Å². The van der Waals surface area contributed by atoms with Gasteiger partial charge in [0.15, 0.2) is 0 Å². The second kappa shape index (κ2) is 5.36. The smallest absolute Gasteiger partial charge is 0.308 e. The van der Waals surface area contributed by atoms with Gasteiger partial charge in [0.2, 0.25) is 0 Å². The Balaban J connectivity index is 2.34. The number of hydrogen-bond acceptors (Lipinski definition) is 3. The molecule has 0 radical (unpaired) electrons. The van der Waals surface area contributed by atoms with Crippen molar-refractivity contribution in [3.8, 4) is 22.9 Å². The van der Waals surface area contributed by atoms with Crippen LogP contribution in [-0.4, -0.2) is 5.97 Å². The lowest BCUT2D eigenvalue weighted by atomic mass is 9.99. The van der Waals surface area contributed by atoms with Gasteiger partial charge in [-0.3, -0.25) is 4.79 Å². The van der Waals surface area contributed by atoms with E-state index in [9.17, 15) is 4.79 Å². The van der Waals surface area contributed by atoms with Crippen LogP contribution in [0.5, 0.6) is 5.75 Å². The van der Waals surface area contributed by atoms with Crippen LogP contribution in [0.4, 0.5) is 0 Å². The summed E-state index contributed by atoms with van der Waals surface area (Å²) in [7, 11) is 0. The first-order chi connectivity index (χ1) is 9.10. The average Bonchev–Trinajstić information content (AvgIpc) is 2.38. The first-order valence-electron chi connectivity index (χ1n) is 5.90. The maximum atomic E-state index is 10.9. The summed E-state index contributed by atoms with van der Waals surface area (Å²) in [5, 5.41) is 8.78. The first kappa shape index (κ1) is 12.8. The minimum Gasteiger partial charge on any atom is -0.427 e. The molecule has 19 heavy (non-hydrogen) atoms. The second-order valence-corrected chi connectivity index (χ2v) is 4.26. The van der Waals surface area contributed by atoms with Crippen LogP contribution in [0.3, 0.4) is 0 Å². The van der Waals surface area contributed by atoms with Gasteiger partial charge in [-0.25, -0.2) is 0 Å². The van der Waals surface area contributed by atoms with Crippen LogP contribution in [0, 0.1) is 18.3 Å². The average molecular weight is 251 g/mol. The molecule has 0 fully saturated rings. The number of aryl methyl sites for hydroxylation is 1. The fourth-order valence-electron chi connectivity index (χ4n) is 1.91. The van der Waals surface area contributed by atoms with E-state index in [0.29, 0.717) is 11.3 Å². The second-order valence-electron chi connectivity index (χ2n) is 4.26. The highest BCUT2D eigenvalue weighted by atomic mass is 16.5. The lowest BCUT2D eigenvalue weighted by Crippen LogP contribution is -2.01. The molecule has 2 aromatic rings. The van der Waals surface area contributed by atoms with Gasteiger partial charge in [0, 0.05) is 6.92 Å². The Morgan fingerprint density at radius 1 is 1.16 bits per heavy atom. The van der Waals surface area contributed by atoms with E-state index in [2.05, 4.69) is 6.07 Å². The normalized spacial score (nSPS) is 9.74. The standard InChI is InChI=1S/C16H13NO2/c1-11-9-15(19-12(2)18)7-8-16(11)14-5-3-13(10-17)4-6-14/h3-9H,1-2H3. The van der Waals surface area contributed by atoms with E-state index < -0.39 is 0 Å². The number of ether oxygens (including phenoxy) is 1. The maximum Gasteiger partial charge on any atom is 0.308 e. The van der Waals surface area contributed by atoms with Gasteiger partial charge in [0.1, 0.15) is 5.75 Å². The first-order valence-corrected chi connectivity index (χ1v) is 5.90. The molecule has 0 unspecified atom stereocenters. The number of hydrogen-bond donors (Lipinski definition) is 0. The molecule has 0 aliphatic heterocycles. The van der Waals surface area contributed by atoms with Crippen molar-refractivity contribution in [2.24, 2.45) is 0 Å². The Hall–Kier alpha value is -2.60. The molecule has 0 aliphatic rings. The number of esters is 1. The van der Waals surface area contributed by atoms with Crippen LogP contribution in [0.15, 0.2) is 42.5 Å². The molecule has 0 aliphatic carbocycles. The summed E-state index contributed by atoms with van der Waals surface area (Å²) in [6, 6.07) is 15.0. The molecule has 0 bridgehead atoms. The van der Waals surface area contributed by atoms with Gasteiger partial charge in [-0.2, -0.15) is 5.26 Å². The molecular weight excluding hydrogens is 238 g/mol. The van der Waals surface area contributed by atoms with Crippen LogP contribution in [0.25, 0.3) is 11.1 Å². The highest BCUT2D eigenvalue weighted by Gasteiger charge is 2.05. The van der Waals surface area contributed by atoms with Crippen LogP contribution < -0.4 is 4.74 Å². The SMILES string of the molecule is CC(=O)Oc1ccc(-c2ccc(C#N)cc2)c(C)c1. The number of carbonyl (C=O) groups is 1. The Labute approximate surface area is 112 Å². The van der Waals surface area contributed by atoms with Crippen LogP contribution in [0.1, 0.15) is 18.1 Å². The van der Waals surface area contributed by atoms with Crippen molar-refractivity contribution in [2.75, 3.05) is 0 Å². The lowest BCUT2D eigenvalue weighted by molar-refractivity contribution is -0.131. The largest absolute Gasteiger partial charge is 0.427 e. The number of rotatable bonds is 2. The molecule has 3 heteroatoms. The van der Waals surface area contributed by atoms with Crippen LogP contribution in [0.2, 0.25) is 0 Å². The molecule has 0 atom stereocenters. The Bertz CT molecular complexity index is 651. The lowest BCUT2D eigenvalue weighted by Gasteiger charge is -2.08. The monoisotopic (exact) mass is 251 g/mol. The van der Waals surface area contributed by atoms with Gasteiger partial charge in [0.05, 0.1) is 11.6 Å². The summed E-state index contributed by atoms with van der Waals surface area (Å²) in [4.78, 5) is 10.9. The van der Waals surface area contributed by atoms with Crippen LogP contribution in [-0.2, 0) is 4.79 Å². The molecule has 2 rings (SSSR count). The van der Waals surface area contributed by atoms with Gasteiger partial charge in [-0.05, 0) is 47.9 Å². The third-order valence-corrected chi connectivity index (χ3v) is 2.78. The quantitative estimate of drug-likeness (QED) is 0.606.